The number of nitrogen functional groups attached to an aromatic ring is 1. The van der Waals surface area contributed by atoms with E-state index in [-0.39, 0.29) is 17.4 Å². The van der Waals surface area contributed by atoms with E-state index in [4.69, 9.17) is 10.5 Å². The normalized spacial score (nSPS) is 16.7. The Morgan fingerprint density at radius 3 is 3.05 bits per heavy atom. The molecular formula is C15H14FN3O2. The number of carbonyl (C=O) groups excluding carboxylic acids is 1. The molecule has 1 aromatic heterocycles. The van der Waals surface area contributed by atoms with Crippen LogP contribution in [0.25, 0.3) is 0 Å². The third-order valence-corrected chi connectivity index (χ3v) is 3.42. The minimum atomic E-state index is -0.796. The molecule has 6 heteroatoms. The lowest BCUT2D eigenvalue weighted by Gasteiger charge is -2.26. The van der Waals surface area contributed by atoms with E-state index in [9.17, 15) is 9.18 Å². The Kier molecular flexibility index (Phi) is 3.43. The van der Waals surface area contributed by atoms with Crippen molar-refractivity contribution in [3.63, 3.8) is 0 Å². The lowest BCUT2D eigenvalue weighted by Crippen LogP contribution is -2.32. The molecule has 2 heterocycles. The molecule has 3 rings (SSSR count). The number of nitrogens with zero attached hydrogens (tertiary/aromatic N) is 1. The first kappa shape index (κ1) is 13.4. The standard InChI is InChI=1S/C15H14FN3O2/c16-13-10(5-7-18-14(13)17)15(20)19-11-6-8-21-12-4-2-1-3-9(11)12/h1-5,7,11H,6,8H2,(H2,17,18)(H,19,20). The molecule has 0 spiro atoms. The molecule has 2 aromatic rings. The molecule has 1 atom stereocenters. The van der Waals surface area contributed by atoms with Gasteiger partial charge in [0.15, 0.2) is 11.6 Å². The van der Waals surface area contributed by atoms with Crippen molar-refractivity contribution in [1.82, 2.24) is 10.3 Å². The fourth-order valence-electron chi connectivity index (χ4n) is 2.36. The number of benzene rings is 1. The number of amides is 1. The third-order valence-electron chi connectivity index (χ3n) is 3.42. The van der Waals surface area contributed by atoms with E-state index in [0.717, 1.165) is 11.3 Å². The number of para-hydroxylation sites is 1. The van der Waals surface area contributed by atoms with Gasteiger partial charge in [-0.2, -0.15) is 0 Å². The average Bonchev–Trinajstić information content (AvgIpc) is 2.50. The van der Waals surface area contributed by atoms with Crippen LogP contribution in [0.3, 0.4) is 0 Å². The van der Waals surface area contributed by atoms with E-state index in [1.165, 1.54) is 12.3 Å². The Hall–Kier alpha value is -2.63. The van der Waals surface area contributed by atoms with Gasteiger partial charge >= 0.3 is 0 Å². The van der Waals surface area contributed by atoms with Gasteiger partial charge in [0.2, 0.25) is 0 Å². The summed E-state index contributed by atoms with van der Waals surface area (Å²) in [5, 5.41) is 2.82. The Labute approximate surface area is 120 Å². The zero-order valence-electron chi connectivity index (χ0n) is 11.2. The SMILES string of the molecule is Nc1nccc(C(=O)NC2CCOc3ccccc32)c1F. The fraction of sp³-hybridized carbons (Fsp3) is 0.200. The maximum absolute atomic E-state index is 13.8. The number of hydrogen-bond donors (Lipinski definition) is 2. The minimum absolute atomic E-state index is 0.105. The van der Waals surface area contributed by atoms with Crippen LogP contribution < -0.4 is 15.8 Å². The number of anilines is 1. The summed E-state index contributed by atoms with van der Waals surface area (Å²) in [4.78, 5) is 15.8. The van der Waals surface area contributed by atoms with Crippen molar-refractivity contribution >= 4 is 11.7 Å². The van der Waals surface area contributed by atoms with Gasteiger partial charge in [-0.15, -0.1) is 0 Å². The lowest BCUT2D eigenvalue weighted by molar-refractivity contribution is 0.0920. The molecule has 1 aliphatic heterocycles. The van der Waals surface area contributed by atoms with Gasteiger partial charge in [0, 0.05) is 18.2 Å². The van der Waals surface area contributed by atoms with Crippen LogP contribution in [0.4, 0.5) is 10.2 Å². The van der Waals surface area contributed by atoms with Gasteiger partial charge in [0.1, 0.15) is 5.75 Å². The Morgan fingerprint density at radius 1 is 1.38 bits per heavy atom. The van der Waals surface area contributed by atoms with Crippen LogP contribution in [0.2, 0.25) is 0 Å². The second kappa shape index (κ2) is 5.40. The number of pyridine rings is 1. The van der Waals surface area contributed by atoms with Crippen molar-refractivity contribution in [2.24, 2.45) is 0 Å². The van der Waals surface area contributed by atoms with E-state index in [1.54, 1.807) is 0 Å². The zero-order chi connectivity index (χ0) is 14.8. The van der Waals surface area contributed by atoms with Crippen molar-refractivity contribution in [1.29, 1.82) is 0 Å². The highest BCUT2D eigenvalue weighted by Crippen LogP contribution is 2.31. The van der Waals surface area contributed by atoms with E-state index in [1.807, 2.05) is 24.3 Å². The summed E-state index contributed by atoms with van der Waals surface area (Å²) in [6.07, 6.45) is 1.94. The van der Waals surface area contributed by atoms with Crippen LogP contribution in [0.5, 0.6) is 5.75 Å². The molecule has 1 aromatic carbocycles. The fourth-order valence-corrected chi connectivity index (χ4v) is 2.36. The first-order valence-corrected chi connectivity index (χ1v) is 6.59. The molecule has 0 bridgehead atoms. The molecule has 0 fully saturated rings. The summed E-state index contributed by atoms with van der Waals surface area (Å²) in [6.45, 7) is 0.503. The number of fused-ring (bicyclic) bond motifs is 1. The number of ether oxygens (including phenoxy) is 1. The van der Waals surface area contributed by atoms with Crippen LogP contribution in [-0.4, -0.2) is 17.5 Å². The van der Waals surface area contributed by atoms with Crippen molar-refractivity contribution < 1.29 is 13.9 Å². The van der Waals surface area contributed by atoms with Crippen molar-refractivity contribution in [2.45, 2.75) is 12.5 Å². The summed E-state index contributed by atoms with van der Waals surface area (Å²) in [6, 6.07) is 8.57. The molecule has 1 amide bonds. The molecule has 0 radical (unpaired) electrons. The minimum Gasteiger partial charge on any atom is -0.493 e. The first-order chi connectivity index (χ1) is 10.2. The summed E-state index contributed by atoms with van der Waals surface area (Å²) in [5.41, 5.74) is 6.17. The van der Waals surface area contributed by atoms with Crippen LogP contribution in [0, 0.1) is 5.82 Å². The highest BCUT2D eigenvalue weighted by molar-refractivity contribution is 5.95. The predicted octanol–water partition coefficient (Wildman–Crippen LogP) is 2.06. The van der Waals surface area contributed by atoms with Gasteiger partial charge in [0.25, 0.3) is 5.91 Å². The number of aromatic nitrogens is 1. The Morgan fingerprint density at radius 2 is 2.19 bits per heavy atom. The maximum atomic E-state index is 13.8. The van der Waals surface area contributed by atoms with Gasteiger partial charge in [-0.05, 0) is 12.1 Å². The molecule has 3 N–H and O–H groups in total. The summed E-state index contributed by atoms with van der Waals surface area (Å²) in [7, 11) is 0. The largest absolute Gasteiger partial charge is 0.493 e. The number of rotatable bonds is 2. The zero-order valence-corrected chi connectivity index (χ0v) is 11.2. The van der Waals surface area contributed by atoms with E-state index >= 15 is 0 Å². The second-order valence-electron chi connectivity index (χ2n) is 4.76. The van der Waals surface area contributed by atoms with Gasteiger partial charge < -0.3 is 15.8 Å². The monoisotopic (exact) mass is 287 g/mol. The Bertz CT molecular complexity index is 690. The Balaban J connectivity index is 1.85. The number of carbonyl (C=O) groups is 1. The number of halogens is 1. The van der Waals surface area contributed by atoms with Gasteiger partial charge in [-0.3, -0.25) is 4.79 Å². The summed E-state index contributed by atoms with van der Waals surface area (Å²) < 4.78 is 19.4. The van der Waals surface area contributed by atoms with Crippen LogP contribution in [-0.2, 0) is 0 Å². The highest BCUT2D eigenvalue weighted by atomic mass is 19.1. The summed E-state index contributed by atoms with van der Waals surface area (Å²) in [5.74, 6) is -0.850. The lowest BCUT2D eigenvalue weighted by atomic mass is 10.00. The summed E-state index contributed by atoms with van der Waals surface area (Å²) >= 11 is 0. The topological polar surface area (TPSA) is 77.2 Å². The molecule has 108 valence electrons. The molecular weight excluding hydrogens is 273 g/mol. The van der Waals surface area contributed by atoms with Crippen molar-refractivity contribution in [2.75, 3.05) is 12.3 Å². The van der Waals surface area contributed by atoms with Crippen LogP contribution in [0.15, 0.2) is 36.5 Å². The second-order valence-corrected chi connectivity index (χ2v) is 4.76. The van der Waals surface area contributed by atoms with Crippen molar-refractivity contribution in [3.05, 3.63) is 53.5 Å². The number of nitrogens with two attached hydrogens (primary N) is 1. The maximum Gasteiger partial charge on any atom is 0.254 e. The molecule has 0 saturated heterocycles. The van der Waals surface area contributed by atoms with Crippen LogP contribution in [0.1, 0.15) is 28.4 Å². The van der Waals surface area contributed by atoms with E-state index in [2.05, 4.69) is 10.3 Å². The van der Waals surface area contributed by atoms with Gasteiger partial charge in [-0.25, -0.2) is 9.37 Å². The average molecular weight is 287 g/mol. The smallest absolute Gasteiger partial charge is 0.254 e. The van der Waals surface area contributed by atoms with E-state index in [0.29, 0.717) is 13.0 Å². The molecule has 1 aliphatic rings. The first-order valence-electron chi connectivity index (χ1n) is 6.59. The van der Waals surface area contributed by atoms with Crippen molar-refractivity contribution in [3.8, 4) is 5.75 Å². The molecule has 0 saturated carbocycles. The van der Waals surface area contributed by atoms with Crippen LogP contribution >= 0.6 is 0 Å². The molecule has 5 nitrogen and oxygen atoms in total. The number of hydrogen-bond acceptors (Lipinski definition) is 4. The predicted molar refractivity (Wildman–Crippen MR) is 75.4 cm³/mol. The molecule has 21 heavy (non-hydrogen) atoms. The quantitative estimate of drug-likeness (QED) is 0.886. The van der Waals surface area contributed by atoms with Gasteiger partial charge in [0.05, 0.1) is 18.2 Å². The third kappa shape index (κ3) is 2.52. The van der Waals surface area contributed by atoms with Gasteiger partial charge in [-0.1, -0.05) is 18.2 Å². The highest BCUT2D eigenvalue weighted by Gasteiger charge is 2.24. The van der Waals surface area contributed by atoms with E-state index < -0.39 is 11.7 Å². The molecule has 1 unspecified atom stereocenters. The molecule has 0 aliphatic carbocycles. The number of nitrogens with one attached hydrogen (secondary N) is 1.